The van der Waals surface area contributed by atoms with Gasteiger partial charge in [0.25, 0.3) is 0 Å². The second-order valence-electron chi connectivity index (χ2n) is 5.43. The van der Waals surface area contributed by atoms with Crippen LogP contribution < -0.4 is 0 Å². The predicted octanol–water partition coefficient (Wildman–Crippen LogP) is 2.46. The minimum absolute atomic E-state index is 0.325. The summed E-state index contributed by atoms with van der Waals surface area (Å²) in [6.07, 6.45) is -4.67. The first-order valence-electron chi connectivity index (χ1n) is 7.38. The number of carbonyl (C=O) groups is 1. The van der Waals surface area contributed by atoms with Crippen molar-refractivity contribution in [2.24, 2.45) is 0 Å². The summed E-state index contributed by atoms with van der Waals surface area (Å²) >= 11 is 0. The molecule has 0 bridgehead atoms. The van der Waals surface area contributed by atoms with Gasteiger partial charge >= 0.3 is 21.8 Å². The number of carbonyl (C=O) groups excluding carboxylic acids is 1. The fourth-order valence-corrected chi connectivity index (χ4v) is 6.44. The van der Waals surface area contributed by atoms with Crippen LogP contribution in [0.3, 0.4) is 0 Å². The van der Waals surface area contributed by atoms with Crippen LogP contribution >= 0.6 is 10.3 Å². The number of Topliss-reactive ketones (excluding diaryl/α,β-unsaturated/α-hetero) is 1. The Balaban J connectivity index is 3.20. The molecule has 0 unspecified atom stereocenters. The van der Waals surface area contributed by atoms with Gasteiger partial charge in [-0.3, -0.25) is 4.79 Å². The van der Waals surface area contributed by atoms with Gasteiger partial charge in [-0.05, 0) is 12.1 Å². The number of hydrogen-bond donors (Lipinski definition) is 2. The molecule has 162 valence electrons. The molecule has 0 aromatic heterocycles. The van der Waals surface area contributed by atoms with Crippen LogP contribution in [0.4, 0.5) is 26.3 Å². The molecule has 0 saturated carbocycles. The van der Waals surface area contributed by atoms with E-state index in [-0.39, 0.29) is 5.56 Å². The van der Waals surface area contributed by atoms with Crippen molar-refractivity contribution in [2.75, 3.05) is 30.5 Å². The third-order valence-corrected chi connectivity index (χ3v) is 8.45. The summed E-state index contributed by atoms with van der Waals surface area (Å²) in [6, 6.07) is 2.72. The molecule has 28 heavy (non-hydrogen) atoms. The van der Waals surface area contributed by atoms with Crippen LogP contribution in [0.1, 0.15) is 15.9 Å². The first-order valence-corrected chi connectivity index (χ1v) is 10.9. The van der Waals surface area contributed by atoms with Crippen LogP contribution in [-0.4, -0.2) is 60.4 Å². The second-order valence-corrected chi connectivity index (χ2v) is 10.4. The molecule has 6 nitrogen and oxygen atoms in total. The lowest BCUT2D eigenvalue weighted by atomic mass is 10.1. The number of hydrogen-bond acceptors (Lipinski definition) is 6. The summed E-state index contributed by atoms with van der Waals surface area (Å²) < 4.78 is 103. The number of alkyl halides is 6. The number of benzene rings is 1. The van der Waals surface area contributed by atoms with E-state index in [1.807, 2.05) is 0 Å². The van der Waals surface area contributed by atoms with Crippen molar-refractivity contribution >= 4 is 26.2 Å². The Labute approximate surface area is 157 Å². The highest BCUT2D eigenvalue weighted by Gasteiger charge is 2.51. The second kappa shape index (κ2) is 8.98. The Morgan fingerprint density at radius 2 is 1.39 bits per heavy atom. The van der Waals surface area contributed by atoms with E-state index < -0.39 is 73.9 Å². The number of aliphatic hydroxyl groups excluding tert-OH is 2. The molecular weight excluding hydrogens is 442 g/mol. The Morgan fingerprint density at radius 3 is 1.75 bits per heavy atom. The van der Waals surface area contributed by atoms with E-state index in [1.165, 1.54) is 0 Å². The molecule has 1 rings (SSSR count). The van der Waals surface area contributed by atoms with Gasteiger partial charge in [0.15, 0.2) is 5.78 Å². The van der Waals surface area contributed by atoms with Crippen LogP contribution in [0.5, 0.6) is 0 Å². The highest BCUT2D eigenvalue weighted by atomic mass is 32.3. The molecule has 0 spiro atoms. The Kier molecular flexibility index (Phi) is 7.92. The number of rotatable bonds is 9. The van der Waals surface area contributed by atoms with E-state index in [0.29, 0.717) is 12.1 Å². The van der Waals surface area contributed by atoms with Gasteiger partial charge in [-0.1, -0.05) is 12.1 Å². The molecule has 0 amide bonds. The van der Waals surface area contributed by atoms with E-state index in [9.17, 15) is 39.6 Å². The van der Waals surface area contributed by atoms with Gasteiger partial charge in [0.05, 0.1) is 24.5 Å². The van der Waals surface area contributed by atoms with Crippen molar-refractivity contribution in [3.8, 4) is 0 Å². The quantitative estimate of drug-likeness (QED) is 0.335. The van der Waals surface area contributed by atoms with E-state index in [2.05, 4.69) is 3.63 Å². The van der Waals surface area contributed by atoms with Gasteiger partial charge in [0.2, 0.25) is 0 Å². The SMILES string of the molecule is O=C(CS(CCO)(CCO)OS(=O)(=O)C(F)(F)F)c1ccc(C(F)(F)F)cc1. The standard InChI is InChI=1S/C14H16F6O6S2/c15-13(16,17)11-3-1-10(2-4-11)12(23)9-27(7-5-21,8-6-22)26-28(24,25)14(18,19)20/h1-4,21-22H,5-9H2. The lowest BCUT2D eigenvalue weighted by molar-refractivity contribution is -0.137. The maximum absolute atomic E-state index is 12.6. The molecule has 0 aliphatic rings. The zero-order chi connectivity index (χ0) is 21.8. The largest absolute Gasteiger partial charge is 0.523 e. The van der Waals surface area contributed by atoms with Gasteiger partial charge in [-0.2, -0.15) is 34.8 Å². The zero-order valence-corrected chi connectivity index (χ0v) is 15.6. The molecule has 1 aromatic carbocycles. The summed E-state index contributed by atoms with van der Waals surface area (Å²) in [5.41, 5.74) is -7.19. The molecule has 0 fully saturated rings. The fourth-order valence-electron chi connectivity index (χ4n) is 2.07. The molecule has 0 radical (unpaired) electrons. The molecule has 0 atom stereocenters. The van der Waals surface area contributed by atoms with Crippen LogP contribution in [0, 0.1) is 0 Å². The van der Waals surface area contributed by atoms with Crippen molar-refractivity contribution in [3.63, 3.8) is 0 Å². The number of aliphatic hydroxyl groups is 2. The fraction of sp³-hybridized carbons (Fsp3) is 0.500. The highest BCUT2D eigenvalue weighted by molar-refractivity contribution is 8.33. The normalized spacial score (nSPS) is 14.1. The van der Waals surface area contributed by atoms with Crippen LogP contribution in [0.25, 0.3) is 0 Å². The monoisotopic (exact) mass is 458 g/mol. The topological polar surface area (TPSA) is 101 Å². The molecule has 0 saturated heterocycles. The first-order chi connectivity index (χ1) is 12.7. The van der Waals surface area contributed by atoms with Gasteiger partial charge in [-0.25, -0.2) is 3.63 Å². The Bertz CT molecular complexity index is 767. The number of ketones is 1. The van der Waals surface area contributed by atoms with Crippen molar-refractivity contribution < 1.29 is 53.4 Å². The van der Waals surface area contributed by atoms with Crippen molar-refractivity contribution in [1.29, 1.82) is 0 Å². The number of halogens is 6. The first kappa shape index (κ1) is 24.7. The van der Waals surface area contributed by atoms with Crippen LogP contribution in [0.2, 0.25) is 0 Å². The van der Waals surface area contributed by atoms with Gasteiger partial charge in [0, 0.05) is 17.1 Å². The summed E-state index contributed by atoms with van der Waals surface area (Å²) in [7, 11) is -9.64. The van der Waals surface area contributed by atoms with E-state index in [0.717, 1.165) is 12.1 Å². The molecular formula is C14H16F6O6S2. The average Bonchev–Trinajstić information content (AvgIpc) is 2.53. The van der Waals surface area contributed by atoms with E-state index >= 15 is 0 Å². The summed E-state index contributed by atoms with van der Waals surface area (Å²) in [5, 5.41) is 18.2. The third kappa shape index (κ3) is 6.34. The van der Waals surface area contributed by atoms with Gasteiger partial charge in [-0.15, -0.1) is 10.3 Å². The molecule has 14 heteroatoms. The molecule has 0 aliphatic carbocycles. The third-order valence-electron chi connectivity index (χ3n) is 3.37. The Morgan fingerprint density at radius 1 is 0.929 bits per heavy atom. The highest BCUT2D eigenvalue weighted by Crippen LogP contribution is 2.52. The summed E-state index contributed by atoms with van der Waals surface area (Å²) in [4.78, 5) is 12.3. The minimum Gasteiger partial charge on any atom is -0.395 e. The molecule has 0 heterocycles. The zero-order valence-electron chi connectivity index (χ0n) is 14.0. The van der Waals surface area contributed by atoms with Gasteiger partial charge < -0.3 is 10.2 Å². The van der Waals surface area contributed by atoms with Crippen molar-refractivity contribution in [2.45, 2.75) is 11.7 Å². The lowest BCUT2D eigenvalue weighted by Gasteiger charge is -2.37. The van der Waals surface area contributed by atoms with Crippen LogP contribution in [-0.2, 0) is 19.9 Å². The maximum atomic E-state index is 12.6. The van der Waals surface area contributed by atoms with Gasteiger partial charge in [0.1, 0.15) is 0 Å². The van der Waals surface area contributed by atoms with Crippen molar-refractivity contribution in [1.82, 2.24) is 0 Å². The summed E-state index contributed by atoms with van der Waals surface area (Å²) in [6.45, 7) is -1.69. The average molecular weight is 458 g/mol. The summed E-state index contributed by atoms with van der Waals surface area (Å²) in [5.74, 6) is -3.29. The maximum Gasteiger partial charge on any atom is 0.523 e. The minimum atomic E-state index is -6.14. The van der Waals surface area contributed by atoms with E-state index in [1.54, 1.807) is 0 Å². The molecule has 0 aliphatic heterocycles. The van der Waals surface area contributed by atoms with Crippen molar-refractivity contribution in [3.05, 3.63) is 35.4 Å². The lowest BCUT2D eigenvalue weighted by Crippen LogP contribution is -2.33. The molecule has 2 N–H and O–H groups in total. The van der Waals surface area contributed by atoms with Crippen LogP contribution in [0.15, 0.2) is 24.3 Å². The Hall–Kier alpha value is -1.35. The van der Waals surface area contributed by atoms with E-state index in [4.69, 9.17) is 10.2 Å². The smallest absolute Gasteiger partial charge is 0.395 e. The predicted molar refractivity (Wildman–Crippen MR) is 88.2 cm³/mol. The molecule has 1 aromatic rings.